The van der Waals surface area contributed by atoms with Gasteiger partial charge in [-0.05, 0) is 36.4 Å². The number of amides is 2. The third-order valence-electron chi connectivity index (χ3n) is 4.25. The molecule has 0 unspecified atom stereocenters. The Labute approximate surface area is 178 Å². The lowest BCUT2D eigenvalue weighted by Gasteiger charge is -2.15. The number of rotatable bonds is 8. The molecular weight excluding hydrogens is 404 g/mol. The Morgan fingerprint density at radius 1 is 0.806 bits per heavy atom. The highest BCUT2D eigenvalue weighted by Crippen LogP contribution is 2.39. The monoisotopic (exact) mass is 426 g/mol. The fraction of sp³-hybridized carbons (Fsp3) is 0.182. The van der Waals surface area contributed by atoms with Crippen molar-refractivity contribution in [3.05, 3.63) is 71.7 Å². The predicted octanol–water partition coefficient (Wildman–Crippen LogP) is 2.96. The lowest BCUT2D eigenvalue weighted by molar-refractivity contribution is 0.0826. The van der Waals surface area contributed by atoms with Crippen LogP contribution in [0.4, 0.5) is 0 Å². The van der Waals surface area contributed by atoms with Crippen molar-refractivity contribution in [2.45, 2.75) is 6.61 Å². The van der Waals surface area contributed by atoms with E-state index < -0.39 is 11.8 Å². The molecule has 0 fully saturated rings. The highest BCUT2D eigenvalue weighted by molar-refractivity contribution is 6.00. The zero-order chi connectivity index (χ0) is 22.2. The molecule has 162 valence electrons. The van der Waals surface area contributed by atoms with Gasteiger partial charge in [-0.3, -0.25) is 20.4 Å². The molecule has 0 aliphatic carbocycles. The summed E-state index contributed by atoms with van der Waals surface area (Å²) in [6.07, 6.45) is 0. The van der Waals surface area contributed by atoms with Gasteiger partial charge >= 0.3 is 5.91 Å². The minimum absolute atomic E-state index is 0.0197. The van der Waals surface area contributed by atoms with E-state index in [0.717, 1.165) is 0 Å². The molecule has 9 nitrogen and oxygen atoms in total. The van der Waals surface area contributed by atoms with Crippen molar-refractivity contribution < 1.29 is 33.0 Å². The summed E-state index contributed by atoms with van der Waals surface area (Å²) >= 11 is 0. The molecular formula is C22H22N2O7. The summed E-state index contributed by atoms with van der Waals surface area (Å²) in [5.41, 5.74) is 4.77. The second-order valence-corrected chi connectivity index (χ2v) is 6.16. The van der Waals surface area contributed by atoms with Gasteiger partial charge in [0.25, 0.3) is 5.91 Å². The molecule has 1 heterocycles. The molecule has 0 saturated carbocycles. The maximum Gasteiger partial charge on any atom is 0.305 e. The summed E-state index contributed by atoms with van der Waals surface area (Å²) in [5, 5.41) is 0. The fourth-order valence-corrected chi connectivity index (χ4v) is 2.77. The predicted molar refractivity (Wildman–Crippen MR) is 111 cm³/mol. The summed E-state index contributed by atoms with van der Waals surface area (Å²) in [7, 11) is 4.30. The second kappa shape index (κ2) is 10.1. The average Bonchev–Trinajstić information content (AvgIpc) is 3.29. The summed E-state index contributed by atoms with van der Waals surface area (Å²) < 4.78 is 26.8. The molecule has 3 aromatic rings. The minimum atomic E-state index is -0.626. The van der Waals surface area contributed by atoms with Crippen LogP contribution in [0.5, 0.6) is 23.0 Å². The number of benzene rings is 2. The van der Waals surface area contributed by atoms with E-state index in [1.165, 1.54) is 33.5 Å². The van der Waals surface area contributed by atoms with Crippen LogP contribution in [0.25, 0.3) is 0 Å². The Hall–Kier alpha value is -4.14. The maximum absolute atomic E-state index is 12.5. The largest absolute Gasteiger partial charge is 0.493 e. The SMILES string of the molecule is COc1ccc(C(=O)NNC(=O)c2ccc(COc3ccccc3)o2)c(OC)c1OC. The number of hydrogen-bond donors (Lipinski definition) is 2. The van der Waals surface area contributed by atoms with E-state index in [1.54, 1.807) is 12.1 Å². The van der Waals surface area contributed by atoms with Gasteiger partial charge in [0.2, 0.25) is 5.75 Å². The standard InChI is InChI=1S/C22H22N2O7/c1-27-17-12-10-16(19(28-2)20(17)29-3)21(25)23-24-22(26)18-11-9-15(31-18)13-30-14-7-5-4-6-8-14/h4-12H,13H2,1-3H3,(H,23,25)(H,24,26). The van der Waals surface area contributed by atoms with Crippen molar-refractivity contribution in [3.63, 3.8) is 0 Å². The van der Waals surface area contributed by atoms with Gasteiger partial charge in [0.15, 0.2) is 17.3 Å². The topological polar surface area (TPSA) is 108 Å². The van der Waals surface area contributed by atoms with Gasteiger partial charge in [-0.1, -0.05) is 18.2 Å². The van der Waals surface area contributed by atoms with E-state index in [4.69, 9.17) is 23.4 Å². The Kier molecular flexibility index (Phi) is 7.00. The smallest absolute Gasteiger partial charge is 0.305 e. The Balaban J connectivity index is 1.61. The first-order chi connectivity index (χ1) is 15.1. The third kappa shape index (κ3) is 5.08. The summed E-state index contributed by atoms with van der Waals surface area (Å²) in [6, 6.07) is 15.4. The van der Waals surface area contributed by atoms with Crippen LogP contribution in [0.15, 0.2) is 59.0 Å². The van der Waals surface area contributed by atoms with E-state index in [2.05, 4.69) is 10.9 Å². The van der Waals surface area contributed by atoms with Crippen molar-refractivity contribution >= 4 is 11.8 Å². The number of carbonyl (C=O) groups excluding carboxylic acids is 2. The van der Waals surface area contributed by atoms with Gasteiger partial charge in [-0.2, -0.15) is 0 Å². The second-order valence-electron chi connectivity index (χ2n) is 6.16. The molecule has 0 spiro atoms. The molecule has 0 saturated heterocycles. The summed E-state index contributed by atoms with van der Waals surface area (Å²) in [4.78, 5) is 24.8. The van der Waals surface area contributed by atoms with Crippen molar-refractivity contribution in [1.82, 2.24) is 10.9 Å². The summed E-state index contributed by atoms with van der Waals surface area (Å²) in [6.45, 7) is 0.159. The zero-order valence-corrected chi connectivity index (χ0v) is 17.3. The molecule has 0 aliphatic heterocycles. The number of methoxy groups -OCH3 is 3. The molecule has 0 bridgehead atoms. The number of nitrogens with one attached hydrogen (secondary N) is 2. The average molecular weight is 426 g/mol. The molecule has 0 atom stereocenters. The van der Waals surface area contributed by atoms with Gasteiger partial charge in [0, 0.05) is 0 Å². The van der Waals surface area contributed by atoms with Crippen molar-refractivity contribution in [2.75, 3.05) is 21.3 Å². The van der Waals surface area contributed by atoms with E-state index >= 15 is 0 Å². The van der Waals surface area contributed by atoms with Gasteiger partial charge in [0.05, 0.1) is 26.9 Å². The number of hydrogen-bond acceptors (Lipinski definition) is 7. The van der Waals surface area contributed by atoms with Crippen LogP contribution in [-0.4, -0.2) is 33.1 Å². The van der Waals surface area contributed by atoms with Crippen molar-refractivity contribution in [3.8, 4) is 23.0 Å². The summed E-state index contributed by atoms with van der Waals surface area (Å²) in [5.74, 6) is 0.768. The number of ether oxygens (including phenoxy) is 4. The number of hydrazine groups is 1. The molecule has 0 radical (unpaired) electrons. The third-order valence-corrected chi connectivity index (χ3v) is 4.25. The van der Waals surface area contributed by atoms with Crippen LogP contribution in [0.2, 0.25) is 0 Å². The van der Waals surface area contributed by atoms with Crippen LogP contribution in [0.3, 0.4) is 0 Å². The molecule has 9 heteroatoms. The van der Waals surface area contributed by atoms with Gasteiger partial charge < -0.3 is 23.4 Å². The number of furan rings is 1. The van der Waals surface area contributed by atoms with E-state index in [9.17, 15) is 9.59 Å². The Morgan fingerprint density at radius 3 is 2.19 bits per heavy atom. The van der Waals surface area contributed by atoms with E-state index in [-0.39, 0.29) is 29.4 Å². The Morgan fingerprint density at radius 2 is 1.52 bits per heavy atom. The van der Waals surface area contributed by atoms with Crippen molar-refractivity contribution in [2.24, 2.45) is 0 Å². The molecule has 2 N–H and O–H groups in total. The highest BCUT2D eigenvalue weighted by atomic mass is 16.5. The quantitative estimate of drug-likeness (QED) is 0.533. The molecule has 2 amide bonds. The molecule has 1 aromatic heterocycles. The first kappa shape index (κ1) is 21.6. The first-order valence-corrected chi connectivity index (χ1v) is 9.23. The van der Waals surface area contributed by atoms with Crippen molar-refractivity contribution in [1.29, 1.82) is 0 Å². The lowest BCUT2D eigenvalue weighted by atomic mass is 10.1. The first-order valence-electron chi connectivity index (χ1n) is 9.23. The van der Waals surface area contributed by atoms with Crippen LogP contribution < -0.4 is 29.8 Å². The molecule has 3 rings (SSSR count). The highest BCUT2D eigenvalue weighted by Gasteiger charge is 2.21. The zero-order valence-electron chi connectivity index (χ0n) is 17.3. The van der Waals surface area contributed by atoms with Crippen LogP contribution in [0, 0.1) is 0 Å². The maximum atomic E-state index is 12.5. The van der Waals surface area contributed by atoms with Crippen LogP contribution >= 0.6 is 0 Å². The van der Waals surface area contributed by atoms with Crippen LogP contribution in [-0.2, 0) is 6.61 Å². The number of para-hydroxylation sites is 1. The molecule has 0 aliphatic rings. The molecule has 31 heavy (non-hydrogen) atoms. The van der Waals surface area contributed by atoms with E-state index in [0.29, 0.717) is 17.3 Å². The minimum Gasteiger partial charge on any atom is -0.493 e. The normalized spacial score (nSPS) is 10.2. The molecule has 2 aromatic carbocycles. The van der Waals surface area contributed by atoms with Crippen LogP contribution in [0.1, 0.15) is 26.7 Å². The van der Waals surface area contributed by atoms with Gasteiger partial charge in [-0.15, -0.1) is 0 Å². The number of carbonyl (C=O) groups is 2. The Bertz CT molecular complexity index is 1050. The lowest BCUT2D eigenvalue weighted by Crippen LogP contribution is -2.41. The van der Waals surface area contributed by atoms with Gasteiger partial charge in [0.1, 0.15) is 18.1 Å². The van der Waals surface area contributed by atoms with E-state index in [1.807, 2.05) is 30.3 Å². The van der Waals surface area contributed by atoms with Gasteiger partial charge in [-0.25, -0.2) is 0 Å². The fourth-order valence-electron chi connectivity index (χ4n) is 2.77.